The second-order valence-corrected chi connectivity index (χ2v) is 5.04. The zero-order chi connectivity index (χ0) is 14.7. The van der Waals surface area contributed by atoms with E-state index in [0.717, 1.165) is 11.8 Å². The number of ether oxygens (including phenoxy) is 1. The highest BCUT2D eigenvalue weighted by Crippen LogP contribution is 2.39. The van der Waals surface area contributed by atoms with Gasteiger partial charge in [0.05, 0.1) is 16.9 Å². The van der Waals surface area contributed by atoms with Gasteiger partial charge in [0, 0.05) is 11.1 Å². The van der Waals surface area contributed by atoms with E-state index in [4.69, 9.17) is 22.1 Å². The van der Waals surface area contributed by atoms with E-state index in [0.29, 0.717) is 9.92 Å². The third-order valence-electron chi connectivity index (χ3n) is 2.33. The number of benzene rings is 1. The highest BCUT2D eigenvalue weighted by atomic mass is 35.5. The lowest BCUT2D eigenvalue weighted by molar-refractivity contribution is -0.387. The molecule has 104 valence electrons. The molecule has 0 atom stereocenters. The van der Waals surface area contributed by atoms with Crippen molar-refractivity contribution < 1.29 is 9.66 Å². The number of hydrogen-bond acceptors (Lipinski definition) is 7. The molecule has 9 heteroatoms. The zero-order valence-electron chi connectivity index (χ0n) is 10.2. The van der Waals surface area contributed by atoms with Gasteiger partial charge >= 0.3 is 0 Å². The maximum absolute atomic E-state index is 11.0. The summed E-state index contributed by atoms with van der Waals surface area (Å²) in [5.74, 6) is 0.221. The zero-order valence-corrected chi connectivity index (χ0v) is 11.8. The number of nitrogens with zero attached hydrogens (tertiary/aromatic N) is 3. The third kappa shape index (κ3) is 2.91. The van der Waals surface area contributed by atoms with Gasteiger partial charge in [-0.1, -0.05) is 23.4 Å². The highest BCUT2D eigenvalue weighted by Gasteiger charge is 2.18. The van der Waals surface area contributed by atoms with Crippen molar-refractivity contribution in [3.8, 4) is 5.88 Å². The Bertz CT molecular complexity index is 668. The van der Waals surface area contributed by atoms with E-state index in [1.54, 1.807) is 12.1 Å². The Morgan fingerprint density at radius 2 is 2.20 bits per heavy atom. The average Bonchev–Trinajstić information content (AvgIpc) is 2.42. The van der Waals surface area contributed by atoms with E-state index in [1.165, 1.54) is 19.5 Å². The van der Waals surface area contributed by atoms with Gasteiger partial charge in [0.1, 0.15) is 17.0 Å². The lowest BCUT2D eigenvalue weighted by Crippen LogP contribution is -1.99. The van der Waals surface area contributed by atoms with Gasteiger partial charge in [-0.2, -0.15) is 4.98 Å². The number of halogens is 1. The summed E-state index contributed by atoms with van der Waals surface area (Å²) in [7, 11) is 1.43. The molecule has 0 spiro atoms. The van der Waals surface area contributed by atoms with E-state index in [-0.39, 0.29) is 22.3 Å². The first-order valence-electron chi connectivity index (χ1n) is 5.29. The van der Waals surface area contributed by atoms with Crippen LogP contribution in [0.25, 0.3) is 0 Å². The first kappa shape index (κ1) is 14.4. The Labute approximate surface area is 123 Å². The minimum absolute atomic E-state index is 0.112. The van der Waals surface area contributed by atoms with E-state index in [9.17, 15) is 10.1 Å². The van der Waals surface area contributed by atoms with Crippen LogP contribution in [0.15, 0.2) is 34.4 Å². The topological polar surface area (TPSA) is 104 Å². The molecule has 0 saturated heterocycles. The van der Waals surface area contributed by atoms with Gasteiger partial charge in [0.15, 0.2) is 0 Å². The molecule has 0 fully saturated rings. The van der Waals surface area contributed by atoms with Crippen LogP contribution in [-0.2, 0) is 0 Å². The molecule has 1 heterocycles. The summed E-state index contributed by atoms with van der Waals surface area (Å²) in [6.07, 6.45) is 1.28. The fraction of sp³-hybridized carbons (Fsp3) is 0.0909. The normalized spacial score (nSPS) is 10.3. The number of methoxy groups -OCH3 is 1. The molecule has 0 amide bonds. The minimum atomic E-state index is -0.511. The quantitative estimate of drug-likeness (QED) is 0.525. The van der Waals surface area contributed by atoms with E-state index < -0.39 is 4.92 Å². The number of hydrogen-bond donors (Lipinski definition) is 1. The Balaban J connectivity index is 2.42. The van der Waals surface area contributed by atoms with Crippen LogP contribution in [0.5, 0.6) is 5.88 Å². The van der Waals surface area contributed by atoms with Gasteiger partial charge in [0.2, 0.25) is 5.88 Å². The summed E-state index contributed by atoms with van der Waals surface area (Å²) < 4.78 is 4.98. The maximum Gasteiger partial charge on any atom is 0.284 e. The second kappa shape index (κ2) is 5.93. The number of nitrogen functional groups attached to an aromatic ring is 1. The van der Waals surface area contributed by atoms with Crippen LogP contribution in [0.3, 0.4) is 0 Å². The molecule has 1 aromatic heterocycles. The molecule has 0 aliphatic carbocycles. The summed E-state index contributed by atoms with van der Waals surface area (Å²) >= 11 is 6.81. The third-order valence-corrected chi connectivity index (χ3v) is 3.65. The smallest absolute Gasteiger partial charge is 0.284 e. The predicted octanol–water partition coefficient (Wildman–Crippen LogP) is 2.78. The summed E-state index contributed by atoms with van der Waals surface area (Å²) in [5, 5.41) is 11.7. The minimum Gasteiger partial charge on any atom is -0.479 e. The predicted molar refractivity (Wildman–Crippen MR) is 75.2 cm³/mol. The molecule has 2 N–H and O–H groups in total. The van der Waals surface area contributed by atoms with E-state index in [1.807, 2.05) is 0 Å². The van der Waals surface area contributed by atoms with Gasteiger partial charge < -0.3 is 10.5 Å². The monoisotopic (exact) mass is 312 g/mol. The first-order valence-corrected chi connectivity index (χ1v) is 6.48. The fourth-order valence-corrected chi connectivity index (χ4v) is 2.48. The Morgan fingerprint density at radius 1 is 1.45 bits per heavy atom. The van der Waals surface area contributed by atoms with Crippen molar-refractivity contribution in [2.24, 2.45) is 0 Å². The Kier molecular flexibility index (Phi) is 4.26. The summed E-state index contributed by atoms with van der Waals surface area (Å²) in [6.45, 7) is 0. The van der Waals surface area contributed by atoms with Gasteiger partial charge in [-0.3, -0.25) is 10.1 Å². The van der Waals surface area contributed by atoms with E-state index >= 15 is 0 Å². The molecule has 0 bridgehead atoms. The second-order valence-electron chi connectivity index (χ2n) is 3.57. The number of anilines is 1. The number of aromatic nitrogens is 2. The van der Waals surface area contributed by atoms with Crippen molar-refractivity contribution in [3.05, 3.63) is 39.7 Å². The molecular weight excluding hydrogens is 304 g/mol. The number of nitro groups is 1. The van der Waals surface area contributed by atoms with Crippen molar-refractivity contribution in [2.75, 3.05) is 12.8 Å². The highest BCUT2D eigenvalue weighted by molar-refractivity contribution is 7.99. The fourth-order valence-electron chi connectivity index (χ4n) is 1.43. The largest absolute Gasteiger partial charge is 0.479 e. The van der Waals surface area contributed by atoms with Gasteiger partial charge in [-0.05, 0) is 12.1 Å². The molecule has 2 rings (SSSR count). The van der Waals surface area contributed by atoms with Gasteiger partial charge in [0.25, 0.3) is 5.69 Å². The molecule has 20 heavy (non-hydrogen) atoms. The van der Waals surface area contributed by atoms with Crippen LogP contribution >= 0.6 is 23.4 Å². The number of rotatable bonds is 4. The van der Waals surface area contributed by atoms with Crippen molar-refractivity contribution in [3.63, 3.8) is 0 Å². The van der Waals surface area contributed by atoms with Crippen LogP contribution < -0.4 is 10.5 Å². The number of nitro benzene ring substituents is 1. The molecule has 0 radical (unpaired) electrons. The molecule has 2 aromatic rings. The average molecular weight is 313 g/mol. The molecule has 0 aliphatic heterocycles. The first-order chi connectivity index (χ1) is 9.52. The van der Waals surface area contributed by atoms with Crippen LogP contribution in [0, 0.1) is 10.1 Å². The SMILES string of the molecule is COc1ncnc(Sc2ccc(Cl)cc2[N+](=O)[O-])c1N. The Hall–Kier alpha value is -2.06. The van der Waals surface area contributed by atoms with Crippen molar-refractivity contribution in [1.82, 2.24) is 9.97 Å². The molecule has 0 unspecified atom stereocenters. The van der Waals surface area contributed by atoms with Crippen molar-refractivity contribution in [2.45, 2.75) is 9.92 Å². The lowest BCUT2D eigenvalue weighted by Gasteiger charge is -2.07. The summed E-state index contributed by atoms with van der Waals surface area (Å²) in [6, 6.07) is 4.38. The molecule has 0 saturated carbocycles. The van der Waals surface area contributed by atoms with Crippen LogP contribution in [0.4, 0.5) is 11.4 Å². The van der Waals surface area contributed by atoms with Crippen LogP contribution in [0.1, 0.15) is 0 Å². The van der Waals surface area contributed by atoms with Gasteiger partial charge in [-0.15, -0.1) is 0 Å². The van der Waals surface area contributed by atoms with Crippen molar-refractivity contribution in [1.29, 1.82) is 0 Å². The van der Waals surface area contributed by atoms with Crippen LogP contribution in [0.2, 0.25) is 5.02 Å². The van der Waals surface area contributed by atoms with Gasteiger partial charge in [-0.25, -0.2) is 4.98 Å². The van der Waals surface area contributed by atoms with Crippen LogP contribution in [-0.4, -0.2) is 22.0 Å². The molecular formula is C11H9ClN4O3S. The van der Waals surface area contributed by atoms with Crippen molar-refractivity contribution >= 4 is 34.7 Å². The summed E-state index contributed by atoms with van der Waals surface area (Å²) in [5.41, 5.74) is 5.95. The molecule has 0 aliphatic rings. The lowest BCUT2D eigenvalue weighted by atomic mass is 10.3. The Morgan fingerprint density at radius 3 is 2.85 bits per heavy atom. The summed E-state index contributed by atoms with van der Waals surface area (Å²) in [4.78, 5) is 18.7. The number of nitrogens with two attached hydrogens (primary N) is 1. The molecule has 7 nitrogen and oxygen atoms in total. The maximum atomic E-state index is 11.0. The van der Waals surface area contributed by atoms with E-state index in [2.05, 4.69) is 9.97 Å². The standard InChI is InChI=1S/C11H9ClN4O3S/c1-19-10-9(13)11(15-5-14-10)20-8-3-2-6(12)4-7(8)16(17)18/h2-5H,13H2,1H3. The molecule has 1 aromatic carbocycles.